The highest BCUT2D eigenvalue weighted by Crippen LogP contribution is 2.38. The van der Waals surface area contributed by atoms with Gasteiger partial charge in [-0.25, -0.2) is 4.90 Å². The Morgan fingerprint density at radius 2 is 1.39 bits per heavy atom. The van der Waals surface area contributed by atoms with E-state index in [0.29, 0.717) is 18.8 Å². The summed E-state index contributed by atoms with van der Waals surface area (Å²) < 4.78 is 0. The molecule has 0 radical (unpaired) electrons. The molecule has 2 amide bonds. The summed E-state index contributed by atoms with van der Waals surface area (Å²) in [6.45, 7) is 2.95. The number of halogens is 1. The second kappa shape index (κ2) is 9.59. The zero-order valence-electron chi connectivity index (χ0n) is 18.1. The second-order valence-corrected chi connectivity index (χ2v) is 9.67. The zero-order valence-corrected chi connectivity index (χ0v) is 19.6. The fraction of sp³-hybridized carbons (Fsp3) is 0.231. The Morgan fingerprint density at radius 3 is 2.12 bits per heavy atom. The maximum atomic E-state index is 13.4. The summed E-state index contributed by atoms with van der Waals surface area (Å²) in [5.41, 5.74) is 1.68. The first-order chi connectivity index (χ1) is 16.1. The summed E-state index contributed by atoms with van der Waals surface area (Å²) in [6.07, 6.45) is 0.218. The van der Waals surface area contributed by atoms with Gasteiger partial charge in [-0.15, -0.1) is 0 Å². The molecule has 0 saturated carbocycles. The topological polar surface area (TPSA) is 43.9 Å². The van der Waals surface area contributed by atoms with Crippen molar-refractivity contribution in [2.45, 2.75) is 22.3 Å². The van der Waals surface area contributed by atoms with Crippen LogP contribution in [0.2, 0.25) is 5.02 Å². The minimum atomic E-state index is -0.416. The van der Waals surface area contributed by atoms with E-state index in [9.17, 15) is 9.59 Å². The fourth-order valence-electron chi connectivity index (χ4n) is 4.48. The Morgan fingerprint density at radius 1 is 0.758 bits per heavy atom. The van der Waals surface area contributed by atoms with Gasteiger partial charge in [0, 0.05) is 36.0 Å². The molecule has 2 saturated heterocycles. The molecule has 7 heteroatoms. The lowest BCUT2D eigenvalue weighted by Crippen LogP contribution is -2.52. The number of amides is 2. The molecule has 0 aliphatic carbocycles. The van der Waals surface area contributed by atoms with Crippen LogP contribution in [-0.2, 0) is 9.59 Å². The molecule has 0 N–H and O–H groups in total. The van der Waals surface area contributed by atoms with Crippen LogP contribution in [0.3, 0.4) is 0 Å². The van der Waals surface area contributed by atoms with Crippen LogP contribution in [0, 0.1) is 0 Å². The quantitative estimate of drug-likeness (QED) is 0.487. The van der Waals surface area contributed by atoms with E-state index in [-0.39, 0.29) is 18.2 Å². The summed E-state index contributed by atoms with van der Waals surface area (Å²) >= 11 is 7.92. The monoisotopic (exact) mass is 477 g/mol. The van der Waals surface area contributed by atoms with Crippen molar-refractivity contribution in [1.82, 2.24) is 4.90 Å². The normalized spacial score (nSPS) is 19.4. The Hall–Kier alpha value is -2.80. The summed E-state index contributed by atoms with van der Waals surface area (Å²) in [5, 5.41) is 0.733. The van der Waals surface area contributed by atoms with E-state index < -0.39 is 6.04 Å². The van der Waals surface area contributed by atoms with Crippen LogP contribution in [0.25, 0.3) is 0 Å². The third kappa shape index (κ3) is 4.51. The molecule has 2 aliphatic heterocycles. The van der Waals surface area contributed by atoms with Crippen molar-refractivity contribution in [1.29, 1.82) is 0 Å². The van der Waals surface area contributed by atoms with Gasteiger partial charge in [-0.3, -0.25) is 14.5 Å². The lowest BCUT2D eigenvalue weighted by molar-refractivity contribution is -0.123. The first kappa shape index (κ1) is 22.0. The first-order valence-electron chi connectivity index (χ1n) is 11.0. The molecule has 0 spiro atoms. The van der Waals surface area contributed by atoms with Gasteiger partial charge in [-0.05, 0) is 36.4 Å². The van der Waals surface area contributed by atoms with Crippen LogP contribution in [0.15, 0.2) is 88.7 Å². The lowest BCUT2D eigenvalue weighted by Gasteiger charge is -2.38. The average Bonchev–Trinajstić information content (AvgIpc) is 3.14. The zero-order chi connectivity index (χ0) is 22.8. The summed E-state index contributed by atoms with van der Waals surface area (Å²) in [4.78, 5) is 34.2. The summed E-state index contributed by atoms with van der Waals surface area (Å²) in [5.74, 6) is -0.271. The molecule has 2 aliphatic rings. The van der Waals surface area contributed by atoms with Crippen molar-refractivity contribution in [3.8, 4) is 0 Å². The van der Waals surface area contributed by atoms with Crippen LogP contribution < -0.4 is 9.80 Å². The van der Waals surface area contributed by atoms with Crippen LogP contribution in [0.5, 0.6) is 0 Å². The molecule has 5 nitrogen and oxygen atoms in total. The molecule has 33 heavy (non-hydrogen) atoms. The number of hydrogen-bond donors (Lipinski definition) is 0. The third-order valence-electron chi connectivity index (χ3n) is 6.15. The Balaban J connectivity index is 1.31. The molecule has 1 unspecified atom stereocenters. The van der Waals surface area contributed by atoms with E-state index in [1.807, 2.05) is 78.9 Å². The molecule has 2 heterocycles. The van der Waals surface area contributed by atoms with Crippen molar-refractivity contribution < 1.29 is 9.59 Å². The lowest BCUT2D eigenvalue weighted by atomic mass is 10.1. The molecule has 0 bridgehead atoms. The number of imide groups is 1. The van der Waals surface area contributed by atoms with Crippen molar-refractivity contribution in [3.63, 3.8) is 0 Å². The van der Waals surface area contributed by atoms with Crippen molar-refractivity contribution in [3.05, 3.63) is 83.9 Å². The average molecular weight is 478 g/mol. The van der Waals surface area contributed by atoms with E-state index in [4.69, 9.17) is 11.6 Å². The molecular weight excluding hydrogens is 454 g/mol. The highest BCUT2D eigenvalue weighted by atomic mass is 35.5. The maximum Gasteiger partial charge on any atom is 0.251 e. The van der Waals surface area contributed by atoms with Crippen LogP contribution in [0.4, 0.5) is 11.4 Å². The highest BCUT2D eigenvalue weighted by Gasteiger charge is 2.44. The van der Waals surface area contributed by atoms with E-state index in [0.717, 1.165) is 33.6 Å². The number of anilines is 2. The van der Waals surface area contributed by atoms with Gasteiger partial charge in [0.25, 0.3) is 5.91 Å². The van der Waals surface area contributed by atoms with E-state index >= 15 is 0 Å². The van der Waals surface area contributed by atoms with E-state index in [1.165, 1.54) is 4.90 Å². The molecule has 3 aromatic rings. The van der Waals surface area contributed by atoms with Crippen molar-refractivity contribution in [2.24, 2.45) is 0 Å². The molecule has 168 valence electrons. The molecule has 5 rings (SSSR count). The predicted octanol–water partition coefficient (Wildman–Crippen LogP) is 4.95. The van der Waals surface area contributed by atoms with Gasteiger partial charge in [-0.1, -0.05) is 65.8 Å². The van der Waals surface area contributed by atoms with Gasteiger partial charge >= 0.3 is 0 Å². The van der Waals surface area contributed by atoms with E-state index in [1.54, 1.807) is 11.8 Å². The third-order valence-corrected chi connectivity index (χ3v) is 7.54. The minimum Gasteiger partial charge on any atom is -0.368 e. The number of carbonyl (C=O) groups excluding carboxylic acids is 2. The van der Waals surface area contributed by atoms with Gasteiger partial charge in [-0.2, -0.15) is 0 Å². The number of hydrogen-bond acceptors (Lipinski definition) is 5. The minimum absolute atomic E-state index is 0.132. The largest absolute Gasteiger partial charge is 0.368 e. The SMILES string of the molecule is O=C1CC(N2CCN(c3ccccc3Cl)CC2)C(=O)N1c1ccccc1Sc1ccccc1. The van der Waals surface area contributed by atoms with Gasteiger partial charge in [0.2, 0.25) is 5.91 Å². The number of rotatable bonds is 5. The second-order valence-electron chi connectivity index (χ2n) is 8.14. The standard InChI is InChI=1S/C26H24ClN3O2S/c27-20-10-4-5-11-21(20)28-14-16-29(17-15-28)23-18-25(31)30(26(23)32)22-12-6-7-13-24(22)33-19-8-2-1-3-9-19/h1-13,23H,14-18H2. The number of para-hydroxylation sites is 2. The molecule has 3 aromatic carbocycles. The molecule has 2 fully saturated rings. The van der Waals surface area contributed by atoms with E-state index in [2.05, 4.69) is 9.80 Å². The Kier molecular flexibility index (Phi) is 6.40. The summed E-state index contributed by atoms with van der Waals surface area (Å²) in [7, 11) is 0. The number of benzene rings is 3. The Labute approximate surface area is 202 Å². The Bertz CT molecular complexity index is 1160. The number of piperazine rings is 1. The smallest absolute Gasteiger partial charge is 0.251 e. The van der Waals surface area contributed by atoms with Gasteiger partial charge in [0.1, 0.15) is 0 Å². The fourth-order valence-corrected chi connectivity index (χ4v) is 5.69. The summed E-state index contributed by atoms with van der Waals surface area (Å²) in [6, 6.07) is 25.0. The van der Waals surface area contributed by atoms with Crippen molar-refractivity contribution in [2.75, 3.05) is 36.0 Å². The van der Waals surface area contributed by atoms with Gasteiger partial charge in [0.15, 0.2) is 0 Å². The van der Waals surface area contributed by atoms with Crippen molar-refractivity contribution >= 4 is 46.6 Å². The molecule has 1 atom stereocenters. The first-order valence-corrected chi connectivity index (χ1v) is 12.2. The maximum absolute atomic E-state index is 13.4. The molecular formula is C26H24ClN3O2S. The highest BCUT2D eigenvalue weighted by molar-refractivity contribution is 7.99. The predicted molar refractivity (Wildman–Crippen MR) is 133 cm³/mol. The van der Waals surface area contributed by atoms with Crippen LogP contribution in [-0.4, -0.2) is 48.9 Å². The molecule has 0 aromatic heterocycles. The van der Waals surface area contributed by atoms with Crippen LogP contribution in [0.1, 0.15) is 6.42 Å². The van der Waals surface area contributed by atoms with Gasteiger partial charge < -0.3 is 4.90 Å². The number of carbonyl (C=O) groups is 2. The van der Waals surface area contributed by atoms with Crippen LogP contribution >= 0.6 is 23.4 Å². The van der Waals surface area contributed by atoms with Gasteiger partial charge in [0.05, 0.1) is 28.9 Å². The number of nitrogens with zero attached hydrogens (tertiary/aromatic N) is 3.